The lowest BCUT2D eigenvalue weighted by Gasteiger charge is -2.21. The van der Waals surface area contributed by atoms with Crippen LogP contribution in [0.25, 0.3) is 17.8 Å². The van der Waals surface area contributed by atoms with Gasteiger partial charge in [0.15, 0.2) is 5.82 Å². The lowest BCUT2D eigenvalue weighted by Crippen LogP contribution is -2.18. The molecule has 2 aromatic heterocycles. The van der Waals surface area contributed by atoms with Crippen LogP contribution in [-0.4, -0.2) is 31.4 Å². The van der Waals surface area contributed by atoms with Gasteiger partial charge in [0.25, 0.3) is 0 Å². The summed E-state index contributed by atoms with van der Waals surface area (Å²) in [6.45, 7) is 2.97. The monoisotopic (exact) mass is 375 g/mol. The van der Waals surface area contributed by atoms with Crippen molar-refractivity contribution >= 4 is 12.2 Å². The second kappa shape index (κ2) is 6.93. The van der Waals surface area contributed by atoms with Crippen molar-refractivity contribution in [3.8, 4) is 11.4 Å². The predicted octanol–water partition coefficient (Wildman–Crippen LogP) is 4.24. The van der Waals surface area contributed by atoms with Crippen LogP contribution in [0.3, 0.4) is 0 Å². The summed E-state index contributed by atoms with van der Waals surface area (Å²) in [6, 6.07) is 6.16. The smallest absolute Gasteiger partial charge is 0.174 e. The Morgan fingerprint density at radius 3 is 2.82 bits per heavy atom. The molecule has 2 aliphatic rings. The number of hydrogen-bond acceptors (Lipinski definition) is 4. The van der Waals surface area contributed by atoms with Crippen LogP contribution >= 0.6 is 0 Å². The van der Waals surface area contributed by atoms with E-state index in [2.05, 4.69) is 21.8 Å². The van der Waals surface area contributed by atoms with Gasteiger partial charge in [-0.05, 0) is 62.3 Å². The molecule has 3 aromatic rings. The van der Waals surface area contributed by atoms with Crippen molar-refractivity contribution in [1.29, 1.82) is 0 Å². The Hall–Kier alpha value is -2.89. The van der Waals surface area contributed by atoms with Crippen LogP contribution in [0.4, 0.5) is 0 Å². The molecule has 1 aliphatic carbocycles. The fourth-order valence-corrected chi connectivity index (χ4v) is 4.15. The van der Waals surface area contributed by atoms with Gasteiger partial charge in [0.1, 0.15) is 11.6 Å². The number of hydrogen-bond donors (Lipinski definition) is 0. The summed E-state index contributed by atoms with van der Waals surface area (Å²) in [5.41, 5.74) is 3.01. The van der Waals surface area contributed by atoms with Crippen molar-refractivity contribution in [2.24, 2.45) is 5.92 Å². The van der Waals surface area contributed by atoms with Crippen molar-refractivity contribution in [2.45, 2.75) is 45.1 Å². The minimum absolute atomic E-state index is 0.612. The Morgan fingerprint density at radius 1 is 1.18 bits per heavy atom. The van der Waals surface area contributed by atoms with Crippen molar-refractivity contribution in [3.63, 3.8) is 0 Å². The van der Waals surface area contributed by atoms with Gasteiger partial charge in [-0.25, -0.2) is 14.6 Å². The van der Waals surface area contributed by atoms with Gasteiger partial charge in [-0.15, -0.1) is 0 Å². The van der Waals surface area contributed by atoms with Crippen molar-refractivity contribution in [2.75, 3.05) is 7.11 Å². The average molecular weight is 375 g/mol. The highest BCUT2D eigenvalue weighted by atomic mass is 16.5. The molecule has 0 saturated heterocycles. The van der Waals surface area contributed by atoms with Crippen LogP contribution in [0, 0.1) is 12.8 Å². The number of aryl methyl sites for hydroxylation is 2. The normalized spacial score (nSPS) is 19.1. The highest BCUT2D eigenvalue weighted by molar-refractivity contribution is 5.69. The number of rotatable bonds is 5. The molecule has 3 heterocycles. The number of fused-ring (bicyclic) bond motifs is 1. The van der Waals surface area contributed by atoms with Crippen LogP contribution in [-0.2, 0) is 6.54 Å². The fourth-order valence-electron chi connectivity index (χ4n) is 4.15. The molecule has 1 aromatic carbocycles. The van der Waals surface area contributed by atoms with Gasteiger partial charge in [-0.2, -0.15) is 5.10 Å². The molecule has 1 saturated carbocycles. The third-order valence-electron chi connectivity index (χ3n) is 5.74. The first kappa shape index (κ1) is 17.2. The van der Waals surface area contributed by atoms with Crippen LogP contribution in [0.2, 0.25) is 0 Å². The third kappa shape index (κ3) is 3.23. The Balaban J connectivity index is 1.39. The Kier molecular flexibility index (Phi) is 4.26. The molecule has 28 heavy (non-hydrogen) atoms. The molecule has 0 bridgehead atoms. The van der Waals surface area contributed by atoms with E-state index >= 15 is 0 Å². The fraction of sp³-hybridized carbons (Fsp3) is 0.409. The van der Waals surface area contributed by atoms with Gasteiger partial charge in [-0.3, -0.25) is 0 Å². The summed E-state index contributed by atoms with van der Waals surface area (Å²) in [5, 5.41) is 4.71. The molecule has 6 nitrogen and oxygen atoms in total. The van der Waals surface area contributed by atoms with Gasteiger partial charge < -0.3 is 9.30 Å². The van der Waals surface area contributed by atoms with E-state index in [1.54, 1.807) is 13.4 Å². The lowest BCUT2D eigenvalue weighted by molar-refractivity contribution is 0.389. The minimum atomic E-state index is 0.612. The zero-order chi connectivity index (χ0) is 19.1. The van der Waals surface area contributed by atoms with Crippen molar-refractivity contribution < 1.29 is 4.74 Å². The number of imidazole rings is 1. The molecule has 1 fully saturated rings. The second-order valence-electron chi connectivity index (χ2n) is 7.82. The SMILES string of the molecule is COc1cc(/C=C/c2nc3n(n2)CCC[C@@H]3C2CC2)ccc1-n1cnc(C)c1. The standard InChI is InChI=1S/C22H25N5O/c1-15-13-26(14-23-15)19-9-5-16(12-20(19)28-2)6-10-21-24-22-18(17-7-8-17)4-3-11-27(22)25-21/h5-6,9-10,12-14,17-18H,3-4,7-8,11H2,1-2H3/b10-6+/t18-/m1/s1. The van der Waals surface area contributed by atoms with E-state index < -0.39 is 0 Å². The van der Waals surface area contributed by atoms with E-state index in [-0.39, 0.29) is 0 Å². The molecular weight excluding hydrogens is 350 g/mol. The lowest BCUT2D eigenvalue weighted by atomic mass is 9.94. The van der Waals surface area contributed by atoms with E-state index in [1.807, 2.05) is 35.9 Å². The number of nitrogens with zero attached hydrogens (tertiary/aromatic N) is 5. The largest absolute Gasteiger partial charge is 0.495 e. The summed E-state index contributed by atoms with van der Waals surface area (Å²) in [6.07, 6.45) is 13.0. The maximum atomic E-state index is 5.60. The molecular formula is C22H25N5O. The summed E-state index contributed by atoms with van der Waals surface area (Å²) in [7, 11) is 1.69. The number of benzene rings is 1. The zero-order valence-corrected chi connectivity index (χ0v) is 16.4. The summed E-state index contributed by atoms with van der Waals surface area (Å²) in [5.74, 6) is 4.25. The summed E-state index contributed by atoms with van der Waals surface area (Å²) >= 11 is 0. The van der Waals surface area contributed by atoms with Crippen LogP contribution in [0.15, 0.2) is 30.7 Å². The molecule has 5 rings (SSSR count). The first-order chi connectivity index (χ1) is 13.7. The van der Waals surface area contributed by atoms with E-state index in [1.165, 1.54) is 31.5 Å². The summed E-state index contributed by atoms with van der Waals surface area (Å²) < 4.78 is 9.70. The van der Waals surface area contributed by atoms with Crippen molar-refractivity contribution in [1.82, 2.24) is 24.3 Å². The predicted molar refractivity (Wildman–Crippen MR) is 109 cm³/mol. The number of aromatic nitrogens is 5. The quantitative estimate of drug-likeness (QED) is 0.669. The number of methoxy groups -OCH3 is 1. The Bertz CT molecular complexity index is 1030. The molecule has 1 atom stereocenters. The first-order valence-electron chi connectivity index (χ1n) is 10.0. The zero-order valence-electron chi connectivity index (χ0n) is 16.4. The van der Waals surface area contributed by atoms with E-state index in [0.29, 0.717) is 5.92 Å². The van der Waals surface area contributed by atoms with Crippen LogP contribution in [0.5, 0.6) is 5.75 Å². The highest BCUT2D eigenvalue weighted by Gasteiger charge is 2.37. The van der Waals surface area contributed by atoms with Crippen LogP contribution in [0.1, 0.15) is 54.5 Å². The molecule has 1 aliphatic heterocycles. The minimum Gasteiger partial charge on any atom is -0.495 e. The Morgan fingerprint density at radius 2 is 2.07 bits per heavy atom. The first-order valence-corrected chi connectivity index (χ1v) is 10.0. The maximum absolute atomic E-state index is 5.60. The molecule has 0 amide bonds. The Labute approximate surface area is 164 Å². The van der Waals surface area contributed by atoms with E-state index in [0.717, 1.165) is 41.0 Å². The van der Waals surface area contributed by atoms with Gasteiger partial charge >= 0.3 is 0 Å². The maximum Gasteiger partial charge on any atom is 0.174 e. The van der Waals surface area contributed by atoms with Gasteiger partial charge in [-0.1, -0.05) is 12.1 Å². The van der Waals surface area contributed by atoms with Gasteiger partial charge in [0.2, 0.25) is 0 Å². The van der Waals surface area contributed by atoms with Gasteiger partial charge in [0.05, 0.1) is 24.8 Å². The molecule has 144 valence electrons. The van der Waals surface area contributed by atoms with Crippen LogP contribution < -0.4 is 4.74 Å². The van der Waals surface area contributed by atoms with Gasteiger partial charge in [0, 0.05) is 18.7 Å². The highest BCUT2D eigenvalue weighted by Crippen LogP contribution is 2.46. The third-order valence-corrected chi connectivity index (χ3v) is 5.74. The topological polar surface area (TPSA) is 57.8 Å². The molecule has 6 heteroatoms. The molecule has 0 unspecified atom stereocenters. The molecule has 0 N–H and O–H groups in total. The molecule has 0 radical (unpaired) electrons. The van der Waals surface area contributed by atoms with E-state index in [4.69, 9.17) is 14.8 Å². The molecule has 0 spiro atoms. The number of ether oxygens (including phenoxy) is 1. The van der Waals surface area contributed by atoms with Crippen molar-refractivity contribution in [3.05, 3.63) is 53.6 Å². The summed E-state index contributed by atoms with van der Waals surface area (Å²) in [4.78, 5) is 9.14. The average Bonchev–Trinajstić information content (AvgIpc) is 3.33. The second-order valence-corrected chi connectivity index (χ2v) is 7.82. The van der Waals surface area contributed by atoms with E-state index in [9.17, 15) is 0 Å².